The molecule has 1 saturated heterocycles. The Kier molecular flexibility index (Phi) is 11.0. The lowest BCUT2D eigenvalue weighted by Gasteiger charge is -2.31. The fraction of sp³-hybridized carbons (Fsp3) is 0.655. The van der Waals surface area contributed by atoms with Crippen LogP contribution in [0.15, 0.2) is 42.2 Å². The molecule has 1 aromatic carbocycles. The molecule has 4 atom stereocenters. The SMILES string of the molecule is CC(=O)O[C@H]1CC[C@H](C(=CCCc2ccccc2)OC2CCCCO2)[C@H]1CCCCCCc1nn[nH]n1. The molecular formula is C29H42N4O4. The van der Waals surface area contributed by atoms with E-state index in [2.05, 4.69) is 57.0 Å². The average molecular weight is 511 g/mol. The summed E-state index contributed by atoms with van der Waals surface area (Å²) >= 11 is 0. The van der Waals surface area contributed by atoms with E-state index in [4.69, 9.17) is 14.2 Å². The van der Waals surface area contributed by atoms with Crippen LogP contribution in [-0.2, 0) is 31.8 Å². The Balaban J connectivity index is 1.38. The van der Waals surface area contributed by atoms with Gasteiger partial charge in [-0.15, -0.1) is 10.2 Å². The number of H-pyrrole nitrogens is 1. The second-order valence-electron chi connectivity index (χ2n) is 10.3. The molecule has 2 heterocycles. The van der Waals surface area contributed by atoms with Crippen LogP contribution >= 0.6 is 0 Å². The Labute approximate surface area is 220 Å². The van der Waals surface area contributed by atoms with Crippen molar-refractivity contribution in [2.75, 3.05) is 6.61 Å². The van der Waals surface area contributed by atoms with E-state index < -0.39 is 0 Å². The summed E-state index contributed by atoms with van der Waals surface area (Å²) in [7, 11) is 0. The molecule has 2 fully saturated rings. The average Bonchev–Trinajstić information content (AvgIpc) is 3.57. The standard InChI is InChI=1S/C29H42N4O4/c1-22(34)36-27-20-19-25(24(27)15-7-2-3-8-17-28-30-32-33-31-28)26(37-29-18-9-10-21-35-29)16-11-14-23-12-5-4-6-13-23/h4-6,12-13,16,24-25,27,29H,2-3,7-11,14-15,17-21H2,1H3,(H,30,31,32,33)/t24-,25+,27+,29?/m1/s1. The first-order chi connectivity index (χ1) is 18.2. The van der Waals surface area contributed by atoms with Gasteiger partial charge in [-0.25, -0.2) is 0 Å². The molecule has 1 N–H and O–H groups in total. The first-order valence-corrected chi connectivity index (χ1v) is 14.1. The minimum Gasteiger partial charge on any atom is -0.469 e. The smallest absolute Gasteiger partial charge is 0.302 e. The summed E-state index contributed by atoms with van der Waals surface area (Å²) in [5.74, 6) is 2.15. The van der Waals surface area contributed by atoms with Gasteiger partial charge in [-0.1, -0.05) is 54.8 Å². The Morgan fingerprint density at radius 2 is 1.92 bits per heavy atom. The molecule has 0 bridgehead atoms. The molecule has 2 aliphatic rings. The van der Waals surface area contributed by atoms with Crippen molar-refractivity contribution in [2.45, 2.75) is 103 Å². The van der Waals surface area contributed by atoms with Crippen LogP contribution in [0.25, 0.3) is 0 Å². The number of allylic oxidation sites excluding steroid dienone is 2. The van der Waals surface area contributed by atoms with Crippen molar-refractivity contribution in [3.05, 3.63) is 53.6 Å². The van der Waals surface area contributed by atoms with Crippen LogP contribution in [-0.4, -0.2) is 45.6 Å². The van der Waals surface area contributed by atoms with Gasteiger partial charge in [0, 0.05) is 31.6 Å². The number of aromatic amines is 1. The fourth-order valence-electron chi connectivity index (χ4n) is 5.70. The first-order valence-electron chi connectivity index (χ1n) is 14.1. The molecule has 8 nitrogen and oxygen atoms in total. The summed E-state index contributed by atoms with van der Waals surface area (Å²) in [5, 5.41) is 14.2. The van der Waals surface area contributed by atoms with Crippen molar-refractivity contribution in [3.63, 3.8) is 0 Å². The number of ether oxygens (including phenoxy) is 3. The van der Waals surface area contributed by atoms with Gasteiger partial charge in [-0.05, 0) is 63.0 Å². The minimum atomic E-state index is -0.193. The van der Waals surface area contributed by atoms with Crippen molar-refractivity contribution in [1.82, 2.24) is 20.6 Å². The lowest BCUT2D eigenvalue weighted by molar-refractivity contribution is -0.152. The van der Waals surface area contributed by atoms with E-state index in [-0.39, 0.29) is 30.2 Å². The number of hydrogen-bond donors (Lipinski definition) is 1. The lowest BCUT2D eigenvalue weighted by atomic mass is 9.87. The highest BCUT2D eigenvalue weighted by molar-refractivity contribution is 5.66. The third-order valence-electron chi connectivity index (χ3n) is 7.54. The number of hydrogen-bond acceptors (Lipinski definition) is 7. The molecule has 1 unspecified atom stereocenters. The molecule has 1 saturated carbocycles. The number of nitrogens with one attached hydrogen (secondary N) is 1. The summed E-state index contributed by atoms with van der Waals surface area (Å²) in [5.41, 5.74) is 1.33. The maximum Gasteiger partial charge on any atom is 0.302 e. The highest BCUT2D eigenvalue weighted by Crippen LogP contribution is 2.43. The number of nitrogens with zero attached hydrogens (tertiary/aromatic N) is 3. The van der Waals surface area contributed by atoms with Crippen molar-refractivity contribution in [1.29, 1.82) is 0 Å². The van der Waals surface area contributed by atoms with Gasteiger partial charge >= 0.3 is 5.97 Å². The molecule has 202 valence electrons. The third kappa shape index (κ3) is 8.95. The number of tetrazole rings is 1. The van der Waals surface area contributed by atoms with E-state index in [1.165, 1.54) is 12.5 Å². The van der Waals surface area contributed by atoms with Crippen LogP contribution in [0.4, 0.5) is 0 Å². The Hall–Kier alpha value is -2.74. The quantitative estimate of drug-likeness (QED) is 0.197. The van der Waals surface area contributed by atoms with E-state index in [1.54, 1.807) is 0 Å². The van der Waals surface area contributed by atoms with Gasteiger partial charge in [0.2, 0.25) is 0 Å². The minimum absolute atomic E-state index is 0.0461. The summed E-state index contributed by atoms with van der Waals surface area (Å²) in [6.45, 7) is 2.28. The van der Waals surface area contributed by atoms with Gasteiger partial charge in [0.05, 0.1) is 12.4 Å². The Morgan fingerprint density at radius 3 is 2.68 bits per heavy atom. The maximum atomic E-state index is 11.9. The zero-order valence-corrected chi connectivity index (χ0v) is 22.1. The summed E-state index contributed by atoms with van der Waals surface area (Å²) in [4.78, 5) is 11.9. The number of aromatic nitrogens is 4. The van der Waals surface area contributed by atoms with Crippen LogP contribution in [0.3, 0.4) is 0 Å². The summed E-state index contributed by atoms with van der Waals surface area (Å²) in [6, 6.07) is 10.6. The van der Waals surface area contributed by atoms with Crippen LogP contribution in [0, 0.1) is 11.8 Å². The molecule has 1 aliphatic carbocycles. The van der Waals surface area contributed by atoms with Crippen LogP contribution in [0.5, 0.6) is 0 Å². The molecule has 1 aromatic heterocycles. The fourth-order valence-corrected chi connectivity index (χ4v) is 5.70. The van der Waals surface area contributed by atoms with Crippen LogP contribution < -0.4 is 0 Å². The van der Waals surface area contributed by atoms with Gasteiger partial charge in [-0.3, -0.25) is 4.79 Å². The van der Waals surface area contributed by atoms with Crippen LogP contribution in [0.2, 0.25) is 0 Å². The molecule has 2 aromatic rings. The number of rotatable bonds is 14. The predicted molar refractivity (Wildman–Crippen MR) is 140 cm³/mol. The highest BCUT2D eigenvalue weighted by atomic mass is 16.7. The van der Waals surface area contributed by atoms with Crippen molar-refractivity contribution < 1.29 is 19.0 Å². The lowest BCUT2D eigenvalue weighted by Crippen LogP contribution is -2.28. The van der Waals surface area contributed by atoms with Crippen molar-refractivity contribution >= 4 is 5.97 Å². The number of carbonyl (C=O) groups excluding carboxylic acids is 1. The predicted octanol–water partition coefficient (Wildman–Crippen LogP) is 5.71. The largest absolute Gasteiger partial charge is 0.469 e. The second-order valence-corrected chi connectivity index (χ2v) is 10.3. The zero-order valence-electron chi connectivity index (χ0n) is 22.1. The van der Waals surface area contributed by atoms with E-state index in [9.17, 15) is 4.79 Å². The Bertz CT molecular complexity index is 944. The molecule has 1 aliphatic heterocycles. The molecule has 0 radical (unpaired) electrons. The van der Waals surface area contributed by atoms with Crippen molar-refractivity contribution in [2.24, 2.45) is 11.8 Å². The molecule has 8 heteroatoms. The number of esters is 1. The first kappa shape index (κ1) is 27.3. The van der Waals surface area contributed by atoms with E-state index >= 15 is 0 Å². The third-order valence-corrected chi connectivity index (χ3v) is 7.54. The topological polar surface area (TPSA) is 99.2 Å². The van der Waals surface area contributed by atoms with Gasteiger partial charge in [0.15, 0.2) is 12.1 Å². The molecule has 0 spiro atoms. The monoisotopic (exact) mass is 510 g/mol. The van der Waals surface area contributed by atoms with E-state index in [0.29, 0.717) is 0 Å². The van der Waals surface area contributed by atoms with E-state index in [0.717, 1.165) is 102 Å². The van der Waals surface area contributed by atoms with Gasteiger partial charge in [0.25, 0.3) is 0 Å². The maximum absolute atomic E-state index is 11.9. The van der Waals surface area contributed by atoms with Gasteiger partial charge in [-0.2, -0.15) is 5.21 Å². The summed E-state index contributed by atoms with van der Waals surface area (Å²) in [6.07, 6.45) is 15.3. The van der Waals surface area contributed by atoms with Crippen LogP contribution in [0.1, 0.15) is 88.9 Å². The molecule has 0 amide bonds. The van der Waals surface area contributed by atoms with Crippen molar-refractivity contribution in [3.8, 4) is 0 Å². The number of aryl methyl sites for hydroxylation is 2. The number of carbonyl (C=O) groups is 1. The number of benzene rings is 1. The second kappa shape index (κ2) is 14.9. The van der Waals surface area contributed by atoms with E-state index in [1.807, 2.05) is 0 Å². The highest BCUT2D eigenvalue weighted by Gasteiger charge is 2.41. The van der Waals surface area contributed by atoms with Gasteiger partial charge in [0.1, 0.15) is 6.10 Å². The Morgan fingerprint density at radius 1 is 1.05 bits per heavy atom. The molecule has 37 heavy (non-hydrogen) atoms. The number of unbranched alkanes of at least 4 members (excludes halogenated alkanes) is 3. The molecular weight excluding hydrogens is 468 g/mol. The van der Waals surface area contributed by atoms with Gasteiger partial charge < -0.3 is 14.2 Å². The zero-order chi connectivity index (χ0) is 25.7. The normalized spacial score (nSPS) is 24.2. The summed E-state index contributed by atoms with van der Waals surface area (Å²) < 4.78 is 18.3. The molecule has 4 rings (SSSR count).